The van der Waals surface area contributed by atoms with E-state index in [9.17, 15) is 9.59 Å². The van der Waals surface area contributed by atoms with Crippen LogP contribution < -0.4 is 28.4 Å². The van der Waals surface area contributed by atoms with Crippen LogP contribution in [0.2, 0.25) is 0 Å². The number of esters is 1. The van der Waals surface area contributed by atoms with Crippen molar-refractivity contribution in [2.24, 2.45) is 0 Å². The minimum atomic E-state index is -0.433. The number of fused-ring (bicyclic) bond motifs is 1. The lowest BCUT2D eigenvalue weighted by Gasteiger charge is -2.13. The Morgan fingerprint density at radius 2 is 1.53 bits per heavy atom. The first-order valence-corrected chi connectivity index (χ1v) is 11.1. The summed E-state index contributed by atoms with van der Waals surface area (Å²) in [6, 6.07) is 13.8. The van der Waals surface area contributed by atoms with E-state index in [2.05, 4.69) is 0 Å². The molecule has 3 aromatic carbocycles. The molecule has 8 heteroatoms. The molecule has 0 unspecified atom stereocenters. The number of methoxy groups -OCH3 is 4. The van der Waals surface area contributed by atoms with Gasteiger partial charge in [-0.3, -0.25) is 9.59 Å². The Labute approximate surface area is 209 Å². The molecule has 0 radical (unpaired) electrons. The molecule has 0 spiro atoms. The van der Waals surface area contributed by atoms with Crippen LogP contribution in [0.3, 0.4) is 0 Å². The Morgan fingerprint density at radius 1 is 0.861 bits per heavy atom. The van der Waals surface area contributed by atoms with Crippen LogP contribution in [0.4, 0.5) is 0 Å². The van der Waals surface area contributed by atoms with Gasteiger partial charge >= 0.3 is 5.97 Å². The SMILES string of the molecule is COc1ccc(CC(=O)Oc2cc(C)c3c(c2)O/C(=C\c2cc(OC)c(OC)c(OC)c2)C3=O)cc1. The zero-order chi connectivity index (χ0) is 25.8. The van der Waals surface area contributed by atoms with Gasteiger partial charge in [-0.1, -0.05) is 12.1 Å². The number of hydrogen-bond acceptors (Lipinski definition) is 8. The molecule has 1 aliphatic heterocycles. The van der Waals surface area contributed by atoms with Crippen molar-refractivity contribution in [2.75, 3.05) is 28.4 Å². The number of benzene rings is 3. The Hall–Kier alpha value is -4.46. The Bertz CT molecular complexity index is 1310. The number of aryl methyl sites for hydroxylation is 1. The third-order valence-electron chi connectivity index (χ3n) is 5.67. The molecule has 0 N–H and O–H groups in total. The molecule has 0 aromatic heterocycles. The topological polar surface area (TPSA) is 89.5 Å². The van der Waals surface area contributed by atoms with Crippen molar-refractivity contribution in [3.63, 3.8) is 0 Å². The summed E-state index contributed by atoms with van der Waals surface area (Å²) in [6.45, 7) is 1.77. The molecular formula is C28H26O8. The van der Waals surface area contributed by atoms with Crippen molar-refractivity contribution in [3.05, 3.63) is 76.5 Å². The van der Waals surface area contributed by atoms with Gasteiger partial charge in [-0.05, 0) is 60.0 Å². The van der Waals surface area contributed by atoms with E-state index < -0.39 is 5.97 Å². The zero-order valence-corrected chi connectivity index (χ0v) is 20.7. The molecule has 0 saturated heterocycles. The smallest absolute Gasteiger partial charge is 0.315 e. The van der Waals surface area contributed by atoms with Gasteiger partial charge in [0.2, 0.25) is 11.5 Å². The fraction of sp³-hybridized carbons (Fsp3) is 0.214. The van der Waals surface area contributed by atoms with Gasteiger partial charge in [0.15, 0.2) is 17.3 Å². The molecule has 1 heterocycles. The molecule has 36 heavy (non-hydrogen) atoms. The third kappa shape index (κ3) is 4.98. The number of ether oxygens (including phenoxy) is 6. The van der Waals surface area contributed by atoms with Crippen LogP contribution in [0.1, 0.15) is 27.0 Å². The first-order valence-electron chi connectivity index (χ1n) is 11.1. The molecule has 186 valence electrons. The van der Waals surface area contributed by atoms with Crippen LogP contribution in [0.5, 0.6) is 34.5 Å². The number of ketones is 1. The largest absolute Gasteiger partial charge is 0.497 e. The summed E-state index contributed by atoms with van der Waals surface area (Å²) in [7, 11) is 6.13. The lowest BCUT2D eigenvalue weighted by Crippen LogP contribution is -2.11. The van der Waals surface area contributed by atoms with E-state index in [1.165, 1.54) is 21.3 Å². The second-order valence-electron chi connectivity index (χ2n) is 8.01. The normalized spacial score (nSPS) is 13.1. The second kappa shape index (κ2) is 10.4. The van der Waals surface area contributed by atoms with Crippen LogP contribution in [-0.2, 0) is 11.2 Å². The van der Waals surface area contributed by atoms with Gasteiger partial charge in [0.25, 0.3) is 0 Å². The number of Topliss-reactive ketones (excluding diaryl/α,β-unsaturated/α-hetero) is 1. The van der Waals surface area contributed by atoms with Crippen molar-refractivity contribution in [2.45, 2.75) is 13.3 Å². The highest BCUT2D eigenvalue weighted by Crippen LogP contribution is 2.41. The van der Waals surface area contributed by atoms with Crippen molar-refractivity contribution in [3.8, 4) is 34.5 Å². The van der Waals surface area contributed by atoms with Crippen LogP contribution in [0.15, 0.2) is 54.3 Å². The Kier molecular flexibility index (Phi) is 7.15. The second-order valence-corrected chi connectivity index (χ2v) is 8.01. The zero-order valence-electron chi connectivity index (χ0n) is 20.7. The van der Waals surface area contributed by atoms with Crippen molar-refractivity contribution in [1.29, 1.82) is 0 Å². The van der Waals surface area contributed by atoms with Crippen LogP contribution in [0.25, 0.3) is 6.08 Å². The molecule has 0 fully saturated rings. The molecule has 3 aromatic rings. The standard InChI is InChI=1S/C28H26O8/c1-16-10-20(35-25(29)14-17-6-8-19(31-2)9-7-17)15-21-26(16)27(30)22(36-21)11-18-12-23(32-3)28(34-5)24(13-18)33-4/h6-13,15H,14H2,1-5H3/b22-11-. The van der Waals surface area contributed by atoms with Gasteiger partial charge in [-0.15, -0.1) is 0 Å². The summed E-state index contributed by atoms with van der Waals surface area (Å²) in [6.07, 6.45) is 1.69. The molecule has 0 saturated carbocycles. The van der Waals surface area contributed by atoms with Crippen molar-refractivity contribution < 1.29 is 38.0 Å². The van der Waals surface area contributed by atoms with Gasteiger partial charge in [-0.2, -0.15) is 0 Å². The Morgan fingerprint density at radius 3 is 2.11 bits per heavy atom. The summed E-state index contributed by atoms with van der Waals surface area (Å²) in [5, 5.41) is 0. The van der Waals surface area contributed by atoms with E-state index >= 15 is 0 Å². The molecule has 4 rings (SSSR count). The minimum Gasteiger partial charge on any atom is -0.497 e. The monoisotopic (exact) mass is 490 g/mol. The molecule has 1 aliphatic rings. The summed E-state index contributed by atoms with van der Waals surface area (Å²) in [5.41, 5.74) is 2.48. The molecular weight excluding hydrogens is 464 g/mol. The van der Waals surface area contributed by atoms with E-state index in [4.69, 9.17) is 28.4 Å². The minimum absolute atomic E-state index is 0.0895. The quantitative estimate of drug-likeness (QED) is 0.253. The lowest BCUT2D eigenvalue weighted by atomic mass is 10.0. The molecule has 8 nitrogen and oxygen atoms in total. The average Bonchev–Trinajstić information content (AvgIpc) is 3.18. The Balaban J connectivity index is 1.55. The molecule has 0 bridgehead atoms. The maximum absolute atomic E-state index is 13.1. The van der Waals surface area contributed by atoms with Crippen LogP contribution >= 0.6 is 0 Å². The number of allylic oxidation sites excluding steroid dienone is 1. The predicted molar refractivity (Wildman–Crippen MR) is 133 cm³/mol. The molecule has 0 atom stereocenters. The fourth-order valence-electron chi connectivity index (χ4n) is 3.95. The first kappa shape index (κ1) is 24.7. The summed E-state index contributed by atoms with van der Waals surface area (Å²) >= 11 is 0. The lowest BCUT2D eigenvalue weighted by molar-refractivity contribution is -0.133. The first-order chi connectivity index (χ1) is 17.4. The van der Waals surface area contributed by atoms with E-state index in [-0.39, 0.29) is 18.0 Å². The average molecular weight is 491 g/mol. The van der Waals surface area contributed by atoms with Gasteiger partial charge in [0, 0.05) is 6.07 Å². The van der Waals surface area contributed by atoms with Crippen molar-refractivity contribution >= 4 is 17.8 Å². The van der Waals surface area contributed by atoms with E-state index in [1.54, 1.807) is 68.6 Å². The number of rotatable bonds is 8. The summed E-state index contributed by atoms with van der Waals surface area (Å²) < 4.78 is 32.6. The molecule has 0 aliphatic carbocycles. The van der Waals surface area contributed by atoms with E-state index in [0.29, 0.717) is 51.2 Å². The number of carbonyl (C=O) groups is 2. The van der Waals surface area contributed by atoms with Gasteiger partial charge in [-0.25, -0.2) is 0 Å². The highest BCUT2D eigenvalue weighted by molar-refractivity contribution is 6.15. The van der Waals surface area contributed by atoms with Crippen LogP contribution in [-0.4, -0.2) is 40.2 Å². The van der Waals surface area contributed by atoms with E-state index in [0.717, 1.165) is 5.56 Å². The number of carbonyl (C=O) groups excluding carboxylic acids is 2. The van der Waals surface area contributed by atoms with Gasteiger partial charge in [0.05, 0.1) is 40.4 Å². The maximum Gasteiger partial charge on any atom is 0.315 e. The molecule has 0 amide bonds. The fourth-order valence-corrected chi connectivity index (χ4v) is 3.95. The van der Waals surface area contributed by atoms with E-state index in [1.807, 2.05) is 0 Å². The summed E-state index contributed by atoms with van der Waals surface area (Å²) in [4.78, 5) is 25.6. The third-order valence-corrected chi connectivity index (χ3v) is 5.67. The van der Waals surface area contributed by atoms with Gasteiger partial charge in [0.1, 0.15) is 17.2 Å². The van der Waals surface area contributed by atoms with Crippen LogP contribution in [0, 0.1) is 6.92 Å². The highest BCUT2D eigenvalue weighted by atomic mass is 16.5. The van der Waals surface area contributed by atoms with Gasteiger partial charge < -0.3 is 28.4 Å². The summed E-state index contributed by atoms with van der Waals surface area (Å²) in [5.74, 6) is 2.11. The predicted octanol–water partition coefficient (Wildman–Crippen LogP) is 4.79. The maximum atomic E-state index is 13.1. The highest BCUT2D eigenvalue weighted by Gasteiger charge is 2.30. The van der Waals surface area contributed by atoms with Crippen molar-refractivity contribution in [1.82, 2.24) is 0 Å². The number of hydrogen-bond donors (Lipinski definition) is 0.